The Kier molecular flexibility index (Phi) is 6.07. The smallest absolute Gasteiger partial charge is 0.123 e. The Morgan fingerprint density at radius 3 is 2.76 bits per heavy atom. The van der Waals surface area contributed by atoms with Crippen molar-refractivity contribution in [2.45, 2.75) is 52.7 Å². The molecule has 0 aliphatic carbocycles. The fourth-order valence-corrected chi connectivity index (χ4v) is 3.30. The zero-order valence-electron chi connectivity index (χ0n) is 14.0. The maximum Gasteiger partial charge on any atom is 0.123 e. The topological polar surface area (TPSA) is 24.5 Å². The van der Waals surface area contributed by atoms with Gasteiger partial charge in [0.15, 0.2) is 0 Å². The Labute approximate surface area is 129 Å². The number of hydrogen-bond acceptors (Lipinski definition) is 3. The number of nitrogens with one attached hydrogen (secondary N) is 1. The molecule has 0 amide bonds. The van der Waals surface area contributed by atoms with Gasteiger partial charge in [0.05, 0.1) is 7.11 Å². The van der Waals surface area contributed by atoms with Crippen LogP contribution in [0.5, 0.6) is 5.75 Å². The monoisotopic (exact) mass is 290 g/mol. The van der Waals surface area contributed by atoms with Crippen LogP contribution in [0.1, 0.15) is 44.7 Å². The summed E-state index contributed by atoms with van der Waals surface area (Å²) in [5, 5.41) is 3.47. The van der Waals surface area contributed by atoms with Gasteiger partial charge in [-0.3, -0.25) is 4.90 Å². The summed E-state index contributed by atoms with van der Waals surface area (Å²) in [5.74, 6) is 1.82. The summed E-state index contributed by atoms with van der Waals surface area (Å²) in [4.78, 5) is 2.58. The van der Waals surface area contributed by atoms with Gasteiger partial charge < -0.3 is 10.1 Å². The molecule has 1 saturated heterocycles. The first kappa shape index (κ1) is 16.3. The van der Waals surface area contributed by atoms with Crippen molar-refractivity contribution in [3.05, 3.63) is 29.3 Å². The van der Waals surface area contributed by atoms with Crippen molar-refractivity contribution in [1.29, 1.82) is 0 Å². The third-order valence-electron chi connectivity index (χ3n) is 4.39. The number of likely N-dealkylation sites (tertiary alicyclic amines) is 1. The van der Waals surface area contributed by atoms with E-state index in [1.54, 1.807) is 7.11 Å². The first-order valence-corrected chi connectivity index (χ1v) is 8.24. The van der Waals surface area contributed by atoms with Gasteiger partial charge in [-0.2, -0.15) is 0 Å². The first-order valence-electron chi connectivity index (χ1n) is 8.24. The molecule has 1 aliphatic heterocycles. The summed E-state index contributed by atoms with van der Waals surface area (Å²) in [5.41, 5.74) is 2.66. The van der Waals surface area contributed by atoms with E-state index in [4.69, 9.17) is 4.74 Å². The van der Waals surface area contributed by atoms with Crippen LogP contribution in [0.3, 0.4) is 0 Å². The highest BCUT2D eigenvalue weighted by Crippen LogP contribution is 2.28. The lowest BCUT2D eigenvalue weighted by atomic mass is 10.1. The maximum absolute atomic E-state index is 5.55. The van der Waals surface area contributed by atoms with E-state index < -0.39 is 0 Å². The van der Waals surface area contributed by atoms with Crippen LogP contribution >= 0.6 is 0 Å². The molecule has 2 atom stereocenters. The molecule has 0 aromatic heterocycles. The molecule has 1 aromatic rings. The molecule has 2 unspecified atom stereocenters. The molecule has 0 saturated carbocycles. The van der Waals surface area contributed by atoms with Gasteiger partial charge in [0.2, 0.25) is 0 Å². The van der Waals surface area contributed by atoms with E-state index in [-0.39, 0.29) is 0 Å². The lowest BCUT2D eigenvalue weighted by Crippen LogP contribution is -2.27. The van der Waals surface area contributed by atoms with E-state index in [1.165, 1.54) is 30.5 Å². The van der Waals surface area contributed by atoms with Gasteiger partial charge >= 0.3 is 0 Å². The summed E-state index contributed by atoms with van der Waals surface area (Å²) in [6, 6.07) is 7.26. The highest BCUT2D eigenvalue weighted by atomic mass is 16.5. The standard InChI is InChI=1S/C18H30N2O/c1-5-8-19-11-16-6-7-18(21-4)17(10-16)13-20-12-14(2)9-15(20)3/h6-7,10,14-15,19H,5,8-9,11-13H2,1-4H3. The average molecular weight is 290 g/mol. The second kappa shape index (κ2) is 7.81. The first-order chi connectivity index (χ1) is 10.1. The van der Waals surface area contributed by atoms with Gasteiger partial charge in [-0.15, -0.1) is 0 Å². The molecule has 1 N–H and O–H groups in total. The van der Waals surface area contributed by atoms with E-state index in [1.807, 2.05) is 0 Å². The van der Waals surface area contributed by atoms with Crippen LogP contribution in [-0.4, -0.2) is 31.1 Å². The summed E-state index contributed by atoms with van der Waals surface area (Å²) < 4.78 is 5.55. The predicted octanol–water partition coefficient (Wildman–Crippen LogP) is 3.43. The van der Waals surface area contributed by atoms with Gasteiger partial charge in [0.25, 0.3) is 0 Å². The molecule has 0 bridgehead atoms. The van der Waals surface area contributed by atoms with Crippen LogP contribution in [-0.2, 0) is 13.1 Å². The molecule has 0 spiro atoms. The quantitative estimate of drug-likeness (QED) is 0.779. The fourth-order valence-electron chi connectivity index (χ4n) is 3.30. The summed E-state index contributed by atoms with van der Waals surface area (Å²) in [6.07, 6.45) is 2.48. The average Bonchev–Trinajstić information content (AvgIpc) is 2.77. The van der Waals surface area contributed by atoms with E-state index in [0.717, 1.165) is 31.3 Å². The Morgan fingerprint density at radius 1 is 1.33 bits per heavy atom. The Bertz CT molecular complexity index is 447. The molecule has 0 radical (unpaired) electrons. The van der Waals surface area contributed by atoms with Gasteiger partial charge in [-0.25, -0.2) is 0 Å². The van der Waals surface area contributed by atoms with Crippen LogP contribution in [0, 0.1) is 5.92 Å². The molecular formula is C18H30N2O. The largest absolute Gasteiger partial charge is 0.496 e. The Morgan fingerprint density at radius 2 is 2.14 bits per heavy atom. The van der Waals surface area contributed by atoms with Gasteiger partial charge in [0.1, 0.15) is 5.75 Å². The minimum atomic E-state index is 0.673. The molecule has 2 rings (SSSR count). The maximum atomic E-state index is 5.55. The number of hydrogen-bond donors (Lipinski definition) is 1. The normalized spacial score (nSPS) is 22.7. The second-order valence-corrected chi connectivity index (χ2v) is 6.44. The third-order valence-corrected chi connectivity index (χ3v) is 4.39. The molecule has 3 nitrogen and oxygen atoms in total. The van der Waals surface area contributed by atoms with E-state index in [0.29, 0.717) is 6.04 Å². The number of methoxy groups -OCH3 is 1. The number of benzene rings is 1. The van der Waals surface area contributed by atoms with E-state index in [9.17, 15) is 0 Å². The highest BCUT2D eigenvalue weighted by Gasteiger charge is 2.26. The molecule has 118 valence electrons. The van der Waals surface area contributed by atoms with Crippen molar-refractivity contribution in [3.63, 3.8) is 0 Å². The van der Waals surface area contributed by atoms with Gasteiger partial charge in [-0.1, -0.05) is 19.9 Å². The van der Waals surface area contributed by atoms with Crippen molar-refractivity contribution in [2.24, 2.45) is 5.92 Å². The molecule has 1 aliphatic rings. The number of rotatable bonds is 7. The third kappa shape index (κ3) is 4.45. The van der Waals surface area contributed by atoms with Crippen LogP contribution < -0.4 is 10.1 Å². The Hall–Kier alpha value is -1.06. The van der Waals surface area contributed by atoms with Crippen molar-refractivity contribution in [2.75, 3.05) is 20.2 Å². The predicted molar refractivity (Wildman–Crippen MR) is 88.6 cm³/mol. The molecule has 1 fully saturated rings. The zero-order chi connectivity index (χ0) is 15.2. The molecular weight excluding hydrogens is 260 g/mol. The van der Waals surface area contributed by atoms with E-state index in [2.05, 4.69) is 49.2 Å². The molecule has 21 heavy (non-hydrogen) atoms. The second-order valence-electron chi connectivity index (χ2n) is 6.44. The SMILES string of the molecule is CCCNCc1ccc(OC)c(CN2CC(C)CC2C)c1. The molecule has 3 heteroatoms. The minimum Gasteiger partial charge on any atom is -0.496 e. The Balaban J connectivity index is 2.06. The van der Waals surface area contributed by atoms with Gasteiger partial charge in [0, 0.05) is 31.2 Å². The van der Waals surface area contributed by atoms with Crippen molar-refractivity contribution >= 4 is 0 Å². The molecule has 1 aromatic carbocycles. The minimum absolute atomic E-state index is 0.673. The van der Waals surface area contributed by atoms with Crippen LogP contribution in [0.4, 0.5) is 0 Å². The van der Waals surface area contributed by atoms with Crippen LogP contribution in [0.25, 0.3) is 0 Å². The lowest BCUT2D eigenvalue weighted by Gasteiger charge is -2.22. The van der Waals surface area contributed by atoms with Crippen molar-refractivity contribution in [3.8, 4) is 5.75 Å². The lowest BCUT2D eigenvalue weighted by molar-refractivity contribution is 0.252. The number of ether oxygens (including phenoxy) is 1. The molecule has 1 heterocycles. The summed E-state index contributed by atoms with van der Waals surface area (Å²) >= 11 is 0. The van der Waals surface area contributed by atoms with E-state index >= 15 is 0 Å². The summed E-state index contributed by atoms with van der Waals surface area (Å²) in [7, 11) is 1.77. The number of nitrogens with zero attached hydrogens (tertiary/aromatic N) is 1. The summed E-state index contributed by atoms with van der Waals surface area (Å²) in [6.45, 7) is 11.1. The fraction of sp³-hybridized carbons (Fsp3) is 0.667. The van der Waals surface area contributed by atoms with Crippen molar-refractivity contribution < 1.29 is 4.74 Å². The zero-order valence-corrected chi connectivity index (χ0v) is 14.0. The highest BCUT2D eigenvalue weighted by molar-refractivity contribution is 5.37. The van der Waals surface area contributed by atoms with Crippen molar-refractivity contribution in [1.82, 2.24) is 10.2 Å². The van der Waals surface area contributed by atoms with Gasteiger partial charge in [-0.05, 0) is 49.9 Å². The van der Waals surface area contributed by atoms with Crippen LogP contribution in [0.15, 0.2) is 18.2 Å². The van der Waals surface area contributed by atoms with Crippen LogP contribution in [0.2, 0.25) is 0 Å².